The lowest BCUT2D eigenvalue weighted by molar-refractivity contribution is 0.0694. The summed E-state index contributed by atoms with van der Waals surface area (Å²) in [4.78, 5) is 22.2. The molecule has 1 N–H and O–H groups in total. The Labute approximate surface area is 105 Å². The molecule has 0 unspecified atom stereocenters. The van der Waals surface area contributed by atoms with Crippen molar-refractivity contribution in [2.24, 2.45) is 0 Å². The van der Waals surface area contributed by atoms with E-state index in [0.29, 0.717) is 26.4 Å². The van der Waals surface area contributed by atoms with Gasteiger partial charge in [-0.3, -0.25) is 4.79 Å². The summed E-state index contributed by atoms with van der Waals surface area (Å²) >= 11 is 0. The van der Waals surface area contributed by atoms with Crippen LogP contribution in [-0.4, -0.2) is 42.6 Å². The van der Waals surface area contributed by atoms with Gasteiger partial charge in [0.2, 0.25) is 0 Å². The molecule has 6 nitrogen and oxygen atoms in total. The number of methoxy groups -OCH3 is 1. The molecule has 1 heterocycles. The lowest BCUT2D eigenvalue weighted by Crippen LogP contribution is -2.22. The number of aromatic nitrogens is 1. The highest BCUT2D eigenvalue weighted by molar-refractivity contribution is 5.87. The van der Waals surface area contributed by atoms with Crippen LogP contribution in [0.2, 0.25) is 0 Å². The number of pyridine rings is 1. The van der Waals surface area contributed by atoms with Crippen molar-refractivity contribution < 1.29 is 19.4 Å². The van der Waals surface area contributed by atoms with Gasteiger partial charge in [-0.15, -0.1) is 0 Å². The van der Waals surface area contributed by atoms with Crippen LogP contribution in [0.4, 0.5) is 0 Å². The molecular formula is C12H17NO5. The number of rotatable bonds is 8. The Morgan fingerprint density at radius 2 is 2.11 bits per heavy atom. The smallest absolute Gasteiger partial charge is 0.337 e. The van der Waals surface area contributed by atoms with Crippen LogP contribution < -0.4 is 5.56 Å². The van der Waals surface area contributed by atoms with Gasteiger partial charge >= 0.3 is 5.97 Å². The molecule has 1 aromatic rings. The minimum absolute atomic E-state index is 0.0917. The summed E-state index contributed by atoms with van der Waals surface area (Å²) in [5.74, 6) is -1.05. The monoisotopic (exact) mass is 255 g/mol. The van der Waals surface area contributed by atoms with Crippen LogP contribution in [0, 0.1) is 0 Å². The topological polar surface area (TPSA) is 77.8 Å². The first kappa shape index (κ1) is 14.4. The molecule has 0 saturated heterocycles. The maximum absolute atomic E-state index is 11.5. The van der Waals surface area contributed by atoms with E-state index in [1.165, 1.54) is 22.9 Å². The van der Waals surface area contributed by atoms with Crippen molar-refractivity contribution in [3.05, 3.63) is 34.2 Å². The third kappa shape index (κ3) is 4.68. The lowest BCUT2D eigenvalue weighted by atomic mass is 10.3. The molecule has 0 spiro atoms. The molecule has 0 fully saturated rings. The molecule has 18 heavy (non-hydrogen) atoms. The highest BCUT2D eigenvalue weighted by atomic mass is 16.5. The summed E-state index contributed by atoms with van der Waals surface area (Å²) in [5, 5.41) is 8.81. The standard InChI is InChI=1S/C12H17NO5/c1-17-6-2-7-18-8-5-13-9-10(12(15)16)3-4-11(13)14/h3-4,9H,2,5-8H2,1H3,(H,15,16). The number of aromatic carboxylic acids is 1. The number of hydrogen-bond donors (Lipinski definition) is 1. The van der Waals surface area contributed by atoms with Gasteiger partial charge in [-0.25, -0.2) is 4.79 Å². The molecule has 0 saturated carbocycles. The van der Waals surface area contributed by atoms with E-state index in [0.717, 1.165) is 6.42 Å². The Balaban J connectivity index is 2.44. The molecule has 0 atom stereocenters. The predicted octanol–water partition coefficient (Wildman–Crippen LogP) is 0.600. The second-order valence-electron chi connectivity index (χ2n) is 3.71. The highest BCUT2D eigenvalue weighted by Gasteiger charge is 2.04. The second kappa shape index (κ2) is 7.62. The van der Waals surface area contributed by atoms with E-state index in [-0.39, 0.29) is 11.1 Å². The van der Waals surface area contributed by atoms with Crippen molar-refractivity contribution >= 4 is 5.97 Å². The molecule has 1 aromatic heterocycles. The first-order valence-corrected chi connectivity index (χ1v) is 5.65. The third-order valence-corrected chi connectivity index (χ3v) is 2.34. The fraction of sp³-hybridized carbons (Fsp3) is 0.500. The van der Waals surface area contributed by atoms with Gasteiger partial charge in [-0.2, -0.15) is 0 Å². The number of carboxylic acid groups (broad SMARTS) is 1. The summed E-state index contributed by atoms with van der Waals surface area (Å²) < 4.78 is 11.5. The minimum atomic E-state index is -1.05. The van der Waals surface area contributed by atoms with Crippen LogP contribution in [0.3, 0.4) is 0 Å². The normalized spacial score (nSPS) is 10.5. The van der Waals surface area contributed by atoms with Crippen molar-refractivity contribution in [3.63, 3.8) is 0 Å². The van der Waals surface area contributed by atoms with E-state index in [1.54, 1.807) is 7.11 Å². The number of carboxylic acids is 1. The largest absolute Gasteiger partial charge is 0.478 e. The SMILES string of the molecule is COCCCOCCn1cc(C(=O)O)ccc1=O. The first-order chi connectivity index (χ1) is 8.65. The fourth-order valence-electron chi connectivity index (χ4n) is 1.40. The average molecular weight is 255 g/mol. The molecule has 0 amide bonds. The quantitative estimate of drug-likeness (QED) is 0.688. The zero-order valence-electron chi connectivity index (χ0n) is 10.3. The molecule has 1 rings (SSSR count). The van der Waals surface area contributed by atoms with Crippen LogP contribution in [0.15, 0.2) is 23.1 Å². The van der Waals surface area contributed by atoms with E-state index < -0.39 is 5.97 Å². The Morgan fingerprint density at radius 3 is 2.78 bits per heavy atom. The number of carbonyl (C=O) groups is 1. The molecule has 0 aliphatic rings. The van der Waals surface area contributed by atoms with Crippen molar-refractivity contribution in [1.29, 1.82) is 0 Å². The van der Waals surface area contributed by atoms with Crippen molar-refractivity contribution in [1.82, 2.24) is 4.57 Å². The maximum atomic E-state index is 11.5. The van der Waals surface area contributed by atoms with E-state index in [4.69, 9.17) is 14.6 Å². The van der Waals surface area contributed by atoms with Gasteiger partial charge < -0.3 is 19.1 Å². The summed E-state index contributed by atoms with van der Waals surface area (Å²) in [6, 6.07) is 2.54. The van der Waals surface area contributed by atoms with E-state index in [1.807, 2.05) is 0 Å². The number of hydrogen-bond acceptors (Lipinski definition) is 4. The fourth-order valence-corrected chi connectivity index (χ4v) is 1.40. The van der Waals surface area contributed by atoms with Crippen molar-refractivity contribution in [2.45, 2.75) is 13.0 Å². The zero-order chi connectivity index (χ0) is 13.4. The third-order valence-electron chi connectivity index (χ3n) is 2.34. The maximum Gasteiger partial charge on any atom is 0.337 e. The van der Waals surface area contributed by atoms with Gasteiger partial charge in [0.1, 0.15) is 0 Å². The van der Waals surface area contributed by atoms with Crippen molar-refractivity contribution in [3.8, 4) is 0 Å². The molecule has 6 heteroatoms. The molecule has 100 valence electrons. The molecule has 0 aliphatic heterocycles. The van der Waals surface area contributed by atoms with Crippen LogP contribution in [-0.2, 0) is 16.0 Å². The van der Waals surface area contributed by atoms with Gasteiger partial charge in [-0.1, -0.05) is 0 Å². The van der Waals surface area contributed by atoms with Gasteiger partial charge in [0.25, 0.3) is 5.56 Å². The summed E-state index contributed by atoms with van der Waals surface area (Å²) in [5.41, 5.74) is -0.144. The second-order valence-corrected chi connectivity index (χ2v) is 3.71. The number of ether oxygens (including phenoxy) is 2. The lowest BCUT2D eigenvalue weighted by Gasteiger charge is -2.07. The first-order valence-electron chi connectivity index (χ1n) is 5.65. The Morgan fingerprint density at radius 1 is 1.33 bits per heavy atom. The predicted molar refractivity (Wildman–Crippen MR) is 65.0 cm³/mol. The average Bonchev–Trinajstić information content (AvgIpc) is 2.35. The highest BCUT2D eigenvalue weighted by Crippen LogP contribution is 1.96. The van der Waals surface area contributed by atoms with Gasteiger partial charge in [0.05, 0.1) is 12.2 Å². The Hall–Kier alpha value is -1.66. The van der Waals surface area contributed by atoms with E-state index in [9.17, 15) is 9.59 Å². The molecule has 0 radical (unpaired) electrons. The molecule has 0 bridgehead atoms. The van der Waals surface area contributed by atoms with Crippen LogP contribution in [0.25, 0.3) is 0 Å². The zero-order valence-corrected chi connectivity index (χ0v) is 10.3. The Kier molecular flexibility index (Phi) is 6.10. The van der Waals surface area contributed by atoms with Crippen LogP contribution in [0.1, 0.15) is 16.8 Å². The summed E-state index contributed by atoms with van der Waals surface area (Å²) in [6.45, 7) is 1.90. The van der Waals surface area contributed by atoms with Crippen LogP contribution >= 0.6 is 0 Å². The van der Waals surface area contributed by atoms with Crippen LogP contribution in [0.5, 0.6) is 0 Å². The molecule has 0 aromatic carbocycles. The van der Waals surface area contributed by atoms with Gasteiger partial charge in [0, 0.05) is 39.1 Å². The van der Waals surface area contributed by atoms with E-state index in [2.05, 4.69) is 0 Å². The van der Waals surface area contributed by atoms with E-state index >= 15 is 0 Å². The summed E-state index contributed by atoms with van der Waals surface area (Å²) in [7, 11) is 1.62. The Bertz CT molecular complexity index is 440. The molecular weight excluding hydrogens is 238 g/mol. The summed E-state index contributed by atoms with van der Waals surface area (Å²) in [6.07, 6.45) is 2.11. The minimum Gasteiger partial charge on any atom is -0.478 e. The molecule has 0 aliphatic carbocycles. The van der Waals surface area contributed by atoms with Gasteiger partial charge in [-0.05, 0) is 12.5 Å². The van der Waals surface area contributed by atoms with Crippen molar-refractivity contribution in [2.75, 3.05) is 26.9 Å². The number of nitrogens with zero attached hydrogens (tertiary/aromatic N) is 1. The van der Waals surface area contributed by atoms with Gasteiger partial charge in [0.15, 0.2) is 0 Å².